The van der Waals surface area contributed by atoms with Gasteiger partial charge in [-0.1, -0.05) is 13.8 Å². The number of Topliss-reactive ketones (excluding diaryl/α,β-unsaturated/α-hetero) is 1. The molecule has 0 amide bonds. The van der Waals surface area contributed by atoms with Gasteiger partial charge in [-0.25, -0.2) is 0 Å². The van der Waals surface area contributed by atoms with Crippen molar-refractivity contribution in [2.75, 3.05) is 13.7 Å². The van der Waals surface area contributed by atoms with Gasteiger partial charge in [-0.05, 0) is 29.7 Å². The normalized spacial score (nSPS) is 10.5. The Balaban J connectivity index is 3.16. The molecule has 0 spiro atoms. The zero-order valence-electron chi connectivity index (χ0n) is 9.28. The maximum atomic E-state index is 11.3. The molecular weight excluding hydrogens is 192 g/mol. The summed E-state index contributed by atoms with van der Waals surface area (Å²) in [4.78, 5) is 11.3. The second-order valence-electron chi connectivity index (χ2n) is 3.69. The van der Waals surface area contributed by atoms with E-state index in [0.29, 0.717) is 5.56 Å². The van der Waals surface area contributed by atoms with Gasteiger partial charge < -0.3 is 9.84 Å². The summed E-state index contributed by atoms with van der Waals surface area (Å²) in [6.07, 6.45) is 0. The molecule has 0 aliphatic heterocycles. The molecule has 0 unspecified atom stereocenters. The summed E-state index contributed by atoms with van der Waals surface area (Å²) in [6, 6.07) is 5.21. The average molecular weight is 208 g/mol. The zero-order chi connectivity index (χ0) is 11.4. The number of rotatable bonds is 4. The fourth-order valence-corrected chi connectivity index (χ4v) is 1.45. The number of benzene rings is 1. The van der Waals surface area contributed by atoms with Crippen molar-refractivity contribution in [2.24, 2.45) is 0 Å². The Kier molecular flexibility index (Phi) is 3.86. The number of ether oxygens (including phenoxy) is 1. The molecule has 1 rings (SSSR count). The molecule has 3 heteroatoms. The van der Waals surface area contributed by atoms with Crippen molar-refractivity contribution < 1.29 is 14.6 Å². The van der Waals surface area contributed by atoms with Crippen LogP contribution in [0.1, 0.15) is 35.7 Å². The van der Waals surface area contributed by atoms with Gasteiger partial charge in [-0.15, -0.1) is 0 Å². The van der Waals surface area contributed by atoms with E-state index in [2.05, 4.69) is 0 Å². The Bertz CT molecular complexity index is 356. The molecule has 0 saturated heterocycles. The van der Waals surface area contributed by atoms with Crippen LogP contribution < -0.4 is 4.74 Å². The summed E-state index contributed by atoms with van der Waals surface area (Å²) in [7, 11) is 1.61. The van der Waals surface area contributed by atoms with Crippen LogP contribution in [0.15, 0.2) is 18.2 Å². The maximum Gasteiger partial charge on any atom is 0.188 e. The average Bonchev–Trinajstić information content (AvgIpc) is 2.27. The largest absolute Gasteiger partial charge is 0.496 e. The van der Waals surface area contributed by atoms with Gasteiger partial charge in [0.15, 0.2) is 5.78 Å². The first-order chi connectivity index (χ1) is 7.10. The lowest BCUT2D eigenvalue weighted by Crippen LogP contribution is -2.06. The minimum absolute atomic E-state index is 0.264. The highest BCUT2D eigenvalue weighted by molar-refractivity contribution is 5.97. The first kappa shape index (κ1) is 11.7. The summed E-state index contributed by atoms with van der Waals surface area (Å²) in [5.41, 5.74) is 1.51. The highest BCUT2D eigenvalue weighted by Gasteiger charge is 2.11. The lowest BCUT2D eigenvalue weighted by molar-refractivity contribution is 0.0903. The third-order valence-electron chi connectivity index (χ3n) is 2.32. The number of hydrogen-bond donors (Lipinski definition) is 1. The van der Waals surface area contributed by atoms with Crippen molar-refractivity contribution in [2.45, 2.75) is 19.8 Å². The van der Waals surface area contributed by atoms with Crippen molar-refractivity contribution in [3.8, 4) is 5.75 Å². The van der Waals surface area contributed by atoms with Gasteiger partial charge >= 0.3 is 0 Å². The quantitative estimate of drug-likeness (QED) is 0.770. The minimum Gasteiger partial charge on any atom is -0.496 e. The van der Waals surface area contributed by atoms with Crippen LogP contribution in [0.3, 0.4) is 0 Å². The van der Waals surface area contributed by atoms with Gasteiger partial charge in [0.1, 0.15) is 12.4 Å². The molecule has 0 bridgehead atoms. The highest BCUT2D eigenvalue weighted by Crippen LogP contribution is 2.27. The summed E-state index contributed by atoms with van der Waals surface area (Å²) < 4.78 is 5.20. The number of methoxy groups -OCH3 is 1. The summed E-state index contributed by atoms with van der Waals surface area (Å²) in [5, 5.41) is 8.76. The van der Waals surface area contributed by atoms with Gasteiger partial charge in [0.05, 0.1) is 7.11 Å². The first-order valence-corrected chi connectivity index (χ1v) is 4.92. The van der Waals surface area contributed by atoms with Gasteiger partial charge in [-0.2, -0.15) is 0 Å². The van der Waals surface area contributed by atoms with Crippen molar-refractivity contribution in [1.82, 2.24) is 0 Å². The van der Waals surface area contributed by atoms with Crippen molar-refractivity contribution in [1.29, 1.82) is 0 Å². The first-order valence-electron chi connectivity index (χ1n) is 4.92. The van der Waals surface area contributed by atoms with Crippen molar-refractivity contribution in [3.05, 3.63) is 29.3 Å². The molecule has 1 aromatic rings. The van der Waals surface area contributed by atoms with Crippen LogP contribution in [0, 0.1) is 0 Å². The SMILES string of the molecule is COc1ccc(C(=O)CO)cc1C(C)C. The van der Waals surface area contributed by atoms with E-state index in [1.807, 2.05) is 13.8 Å². The third kappa shape index (κ3) is 2.57. The standard InChI is InChI=1S/C12H16O3/c1-8(2)10-6-9(11(14)7-13)4-5-12(10)15-3/h4-6,8,13H,7H2,1-3H3. The van der Waals surface area contributed by atoms with Crippen molar-refractivity contribution in [3.63, 3.8) is 0 Å². The number of ketones is 1. The summed E-state index contributed by atoms with van der Waals surface area (Å²) in [6.45, 7) is 3.61. The highest BCUT2D eigenvalue weighted by atomic mass is 16.5. The van der Waals surface area contributed by atoms with E-state index in [-0.39, 0.29) is 11.7 Å². The van der Waals surface area contributed by atoms with Crippen LogP contribution in [0.2, 0.25) is 0 Å². The predicted octanol–water partition coefficient (Wildman–Crippen LogP) is 1.99. The number of aliphatic hydroxyl groups excluding tert-OH is 1. The van der Waals surface area contributed by atoms with E-state index < -0.39 is 6.61 Å². The van der Waals surface area contributed by atoms with Gasteiger partial charge in [0, 0.05) is 5.56 Å². The molecule has 0 radical (unpaired) electrons. The van der Waals surface area contributed by atoms with Crippen LogP contribution in [0.5, 0.6) is 5.75 Å². The summed E-state index contributed by atoms with van der Waals surface area (Å²) >= 11 is 0. The molecule has 3 nitrogen and oxygen atoms in total. The molecule has 0 fully saturated rings. The molecule has 82 valence electrons. The van der Waals surface area contributed by atoms with Crippen LogP contribution in [0.4, 0.5) is 0 Å². The minimum atomic E-state index is -0.454. The Morgan fingerprint density at radius 3 is 2.60 bits per heavy atom. The Labute approximate surface area is 89.7 Å². The molecule has 0 heterocycles. The van der Waals surface area contributed by atoms with Crippen LogP contribution in [-0.2, 0) is 0 Å². The molecule has 0 saturated carbocycles. The monoisotopic (exact) mass is 208 g/mol. The molecule has 1 N–H and O–H groups in total. The molecule has 0 aliphatic rings. The van der Waals surface area contributed by atoms with Crippen LogP contribution in [0.25, 0.3) is 0 Å². The van der Waals surface area contributed by atoms with Gasteiger partial charge in [0.2, 0.25) is 0 Å². The predicted molar refractivity (Wildman–Crippen MR) is 58.5 cm³/mol. The molecule has 0 atom stereocenters. The molecule has 0 aromatic heterocycles. The second kappa shape index (κ2) is 4.94. The van der Waals surface area contributed by atoms with E-state index in [9.17, 15) is 4.79 Å². The fourth-order valence-electron chi connectivity index (χ4n) is 1.45. The number of carbonyl (C=O) groups excluding carboxylic acids is 1. The van der Waals surface area contributed by atoms with E-state index in [0.717, 1.165) is 11.3 Å². The Morgan fingerprint density at radius 1 is 1.47 bits per heavy atom. The van der Waals surface area contributed by atoms with E-state index in [1.165, 1.54) is 0 Å². The summed E-state index contributed by atoms with van der Waals surface area (Å²) in [5.74, 6) is 0.797. The topological polar surface area (TPSA) is 46.5 Å². The smallest absolute Gasteiger partial charge is 0.188 e. The van der Waals surface area contributed by atoms with E-state index in [1.54, 1.807) is 25.3 Å². The number of carbonyl (C=O) groups is 1. The van der Waals surface area contributed by atoms with Gasteiger partial charge in [0.25, 0.3) is 0 Å². The van der Waals surface area contributed by atoms with Gasteiger partial charge in [-0.3, -0.25) is 4.79 Å². The fraction of sp³-hybridized carbons (Fsp3) is 0.417. The molecule has 1 aromatic carbocycles. The molecular formula is C12H16O3. The third-order valence-corrected chi connectivity index (χ3v) is 2.32. The zero-order valence-corrected chi connectivity index (χ0v) is 9.28. The Morgan fingerprint density at radius 2 is 2.13 bits per heavy atom. The molecule has 15 heavy (non-hydrogen) atoms. The second-order valence-corrected chi connectivity index (χ2v) is 3.69. The van der Waals surface area contributed by atoms with E-state index >= 15 is 0 Å². The Hall–Kier alpha value is -1.35. The molecule has 0 aliphatic carbocycles. The lowest BCUT2D eigenvalue weighted by atomic mass is 9.98. The van der Waals surface area contributed by atoms with Crippen molar-refractivity contribution >= 4 is 5.78 Å². The number of hydrogen-bond acceptors (Lipinski definition) is 3. The van der Waals surface area contributed by atoms with Crippen LogP contribution >= 0.6 is 0 Å². The number of aliphatic hydroxyl groups is 1. The lowest BCUT2D eigenvalue weighted by Gasteiger charge is -2.12. The van der Waals surface area contributed by atoms with E-state index in [4.69, 9.17) is 9.84 Å². The van der Waals surface area contributed by atoms with Crippen LogP contribution in [-0.4, -0.2) is 24.6 Å². The maximum absolute atomic E-state index is 11.3.